The average molecular weight is 454 g/mol. The summed E-state index contributed by atoms with van der Waals surface area (Å²) in [6.45, 7) is 4.82. The molecule has 2 aromatic rings. The molecule has 1 unspecified atom stereocenters. The third-order valence-electron chi connectivity index (χ3n) is 6.16. The van der Waals surface area contributed by atoms with Crippen LogP contribution in [-0.4, -0.2) is 57.8 Å². The number of nitrogens with zero attached hydrogens (tertiary/aromatic N) is 2. The standard InChI is InChI=1S/C24H29N5O4/c1-15(25)28-11-9-21(14-28)32-19-5-3-17(4-6-19)22(23(30)31)33-20-7-2-16-8-10-29(24(26)27)13-18(16)12-20/h2-7,12,21-22,25H,8-11,13-14H2,1H3,(H4,26,27,30,31)/p+2/t21-,22?/m0/s1. The largest absolute Gasteiger partial charge is 0.486 e. The number of nitrogens with two attached hydrogens (primary N) is 3. The Morgan fingerprint density at radius 1 is 1.03 bits per heavy atom. The zero-order valence-electron chi connectivity index (χ0n) is 18.7. The maximum Gasteiger partial charge on any atom is 0.349 e. The molecule has 0 saturated carbocycles. The van der Waals surface area contributed by atoms with Gasteiger partial charge in [-0.2, -0.15) is 0 Å². The number of rotatable bonds is 6. The minimum Gasteiger partial charge on any atom is -0.486 e. The van der Waals surface area contributed by atoms with E-state index in [0.29, 0.717) is 23.6 Å². The van der Waals surface area contributed by atoms with Crippen molar-refractivity contribution in [1.82, 2.24) is 0 Å². The van der Waals surface area contributed by atoms with E-state index in [1.807, 2.05) is 23.6 Å². The Morgan fingerprint density at radius 3 is 2.39 bits per heavy atom. The van der Waals surface area contributed by atoms with Gasteiger partial charge in [-0.05, 0) is 35.4 Å². The van der Waals surface area contributed by atoms with E-state index in [1.165, 1.54) is 5.56 Å². The summed E-state index contributed by atoms with van der Waals surface area (Å²) >= 11 is 0. The minimum atomic E-state index is -1.14. The maximum absolute atomic E-state index is 12.0. The van der Waals surface area contributed by atoms with Crippen LogP contribution in [0.15, 0.2) is 42.5 Å². The first-order valence-corrected chi connectivity index (χ1v) is 11.0. The van der Waals surface area contributed by atoms with Crippen molar-refractivity contribution < 1.29 is 28.5 Å². The summed E-state index contributed by atoms with van der Waals surface area (Å²) in [6, 6.07) is 12.6. The highest BCUT2D eigenvalue weighted by Gasteiger charge is 2.26. The summed E-state index contributed by atoms with van der Waals surface area (Å²) in [7, 11) is 0. The molecule has 2 aliphatic rings. The lowest BCUT2D eigenvalue weighted by Crippen LogP contribution is -2.38. The van der Waals surface area contributed by atoms with Gasteiger partial charge in [-0.15, -0.1) is 0 Å². The van der Waals surface area contributed by atoms with Crippen molar-refractivity contribution in [2.75, 3.05) is 19.6 Å². The number of ether oxygens (including phenoxy) is 2. The Bertz CT molecular complexity index is 1100. The summed E-state index contributed by atoms with van der Waals surface area (Å²) in [5, 5.41) is 9.80. The lowest BCUT2D eigenvalue weighted by Gasteiger charge is -2.21. The SMILES string of the molecule is CC(N)=[N+]1CC[C@H](Oc2ccc(C(Oc3ccc4c(c3)C[N+](=C(N)N)CC4)C(=O)O)cc2)C1. The van der Waals surface area contributed by atoms with Gasteiger partial charge in [-0.1, -0.05) is 18.2 Å². The number of hydrogen-bond donors (Lipinski definition) is 4. The van der Waals surface area contributed by atoms with Crippen LogP contribution in [0.5, 0.6) is 11.5 Å². The molecule has 4 rings (SSSR count). The van der Waals surface area contributed by atoms with Gasteiger partial charge in [-0.25, -0.2) is 4.79 Å². The number of benzene rings is 2. The topological polar surface area (TPSA) is 140 Å². The van der Waals surface area contributed by atoms with Gasteiger partial charge in [-0.3, -0.25) is 26.4 Å². The normalized spacial score (nSPS) is 20.0. The third-order valence-corrected chi connectivity index (χ3v) is 6.16. The van der Waals surface area contributed by atoms with Crippen LogP contribution >= 0.6 is 0 Å². The second-order valence-corrected chi connectivity index (χ2v) is 8.55. The van der Waals surface area contributed by atoms with Gasteiger partial charge in [0.25, 0.3) is 0 Å². The van der Waals surface area contributed by atoms with Crippen LogP contribution in [-0.2, 0) is 17.8 Å². The van der Waals surface area contributed by atoms with Crippen LogP contribution in [0, 0.1) is 0 Å². The maximum atomic E-state index is 12.0. The number of aliphatic carboxylic acids is 1. The highest BCUT2D eigenvalue weighted by molar-refractivity contribution is 5.75. The van der Waals surface area contributed by atoms with Gasteiger partial charge in [0.1, 0.15) is 24.1 Å². The molecule has 0 spiro atoms. The molecule has 2 heterocycles. The number of carboxylic acids is 1. The summed E-state index contributed by atoms with van der Waals surface area (Å²) in [5.74, 6) is 1.17. The first kappa shape index (κ1) is 22.4. The van der Waals surface area contributed by atoms with Gasteiger partial charge in [0.05, 0.1) is 19.6 Å². The van der Waals surface area contributed by atoms with Gasteiger partial charge in [0.2, 0.25) is 11.9 Å². The molecular formula is C24H31N5O4+2. The molecule has 0 aromatic heterocycles. The molecule has 174 valence electrons. The van der Waals surface area contributed by atoms with Crippen molar-refractivity contribution >= 4 is 17.8 Å². The highest BCUT2D eigenvalue weighted by atomic mass is 16.5. The molecule has 0 bridgehead atoms. The fourth-order valence-electron chi connectivity index (χ4n) is 4.28. The van der Waals surface area contributed by atoms with E-state index in [2.05, 4.69) is 4.58 Å². The Kier molecular flexibility index (Phi) is 6.39. The van der Waals surface area contributed by atoms with Gasteiger partial charge < -0.3 is 14.6 Å². The van der Waals surface area contributed by atoms with E-state index in [-0.39, 0.29) is 12.1 Å². The van der Waals surface area contributed by atoms with Crippen LogP contribution < -0.4 is 26.7 Å². The summed E-state index contributed by atoms with van der Waals surface area (Å²) in [4.78, 5) is 12.0. The molecule has 0 aliphatic carbocycles. The molecule has 33 heavy (non-hydrogen) atoms. The lowest BCUT2D eigenvalue weighted by atomic mass is 10.0. The Morgan fingerprint density at radius 2 is 1.76 bits per heavy atom. The molecule has 1 saturated heterocycles. The van der Waals surface area contributed by atoms with Crippen LogP contribution in [0.4, 0.5) is 0 Å². The van der Waals surface area contributed by atoms with E-state index in [0.717, 1.165) is 43.9 Å². The predicted octanol–water partition coefficient (Wildman–Crippen LogP) is 0.774. The molecule has 1 fully saturated rings. The second kappa shape index (κ2) is 9.40. The Balaban J connectivity index is 1.46. The molecule has 2 aromatic carbocycles. The van der Waals surface area contributed by atoms with E-state index in [9.17, 15) is 9.90 Å². The number of carboxylic acid groups (broad SMARTS) is 1. The number of guanidine groups is 1. The quantitative estimate of drug-likeness (QED) is 0.374. The molecule has 7 N–H and O–H groups in total. The molecule has 9 heteroatoms. The molecule has 9 nitrogen and oxygen atoms in total. The summed E-state index contributed by atoms with van der Waals surface area (Å²) < 4.78 is 15.9. The van der Waals surface area contributed by atoms with Crippen molar-refractivity contribution in [3.63, 3.8) is 0 Å². The van der Waals surface area contributed by atoms with Crippen molar-refractivity contribution in [2.24, 2.45) is 17.2 Å². The van der Waals surface area contributed by atoms with Gasteiger partial charge >= 0.3 is 11.9 Å². The number of fused-ring (bicyclic) bond motifs is 1. The van der Waals surface area contributed by atoms with Crippen molar-refractivity contribution in [3.8, 4) is 11.5 Å². The van der Waals surface area contributed by atoms with E-state index in [1.54, 1.807) is 30.3 Å². The first-order valence-electron chi connectivity index (χ1n) is 11.0. The van der Waals surface area contributed by atoms with Gasteiger partial charge in [0.15, 0.2) is 0 Å². The van der Waals surface area contributed by atoms with Crippen LogP contribution in [0.3, 0.4) is 0 Å². The number of hydrogen-bond acceptors (Lipinski definition) is 3. The molecule has 0 radical (unpaired) electrons. The fourth-order valence-corrected chi connectivity index (χ4v) is 4.28. The zero-order chi connectivity index (χ0) is 23.5. The number of carbonyl (C=O) groups is 1. The van der Waals surface area contributed by atoms with Crippen LogP contribution in [0.2, 0.25) is 0 Å². The van der Waals surface area contributed by atoms with Crippen molar-refractivity contribution in [2.45, 2.75) is 38.5 Å². The van der Waals surface area contributed by atoms with E-state index < -0.39 is 12.1 Å². The highest BCUT2D eigenvalue weighted by Crippen LogP contribution is 2.28. The third kappa shape index (κ3) is 5.19. The average Bonchev–Trinajstić information content (AvgIpc) is 3.26. The Hall–Kier alpha value is -3.75. The smallest absolute Gasteiger partial charge is 0.349 e. The summed E-state index contributed by atoms with van der Waals surface area (Å²) in [6.07, 6.45) is 0.620. The van der Waals surface area contributed by atoms with Crippen molar-refractivity contribution in [1.29, 1.82) is 0 Å². The monoisotopic (exact) mass is 453 g/mol. The van der Waals surface area contributed by atoms with E-state index >= 15 is 0 Å². The molecule has 2 atom stereocenters. The second-order valence-electron chi connectivity index (χ2n) is 8.55. The fraction of sp³-hybridized carbons (Fsp3) is 0.375. The van der Waals surface area contributed by atoms with E-state index in [4.69, 9.17) is 26.7 Å². The van der Waals surface area contributed by atoms with Crippen LogP contribution in [0.25, 0.3) is 0 Å². The zero-order valence-corrected chi connectivity index (χ0v) is 18.7. The molecule has 0 amide bonds. The number of amidine groups is 1. The molecule has 2 aliphatic heterocycles. The molecular weight excluding hydrogens is 422 g/mol. The first-order chi connectivity index (χ1) is 15.8. The van der Waals surface area contributed by atoms with Crippen molar-refractivity contribution in [3.05, 3.63) is 59.2 Å². The predicted molar refractivity (Wildman–Crippen MR) is 124 cm³/mol. The van der Waals surface area contributed by atoms with Gasteiger partial charge in [0, 0.05) is 25.3 Å². The lowest BCUT2D eigenvalue weighted by molar-refractivity contribution is -0.549. The van der Waals surface area contributed by atoms with Crippen LogP contribution in [0.1, 0.15) is 36.1 Å². The summed E-state index contributed by atoms with van der Waals surface area (Å²) in [5.41, 5.74) is 20.1. The minimum absolute atomic E-state index is 0.0516. The Labute approximate surface area is 192 Å².